The van der Waals surface area contributed by atoms with Gasteiger partial charge < -0.3 is 5.73 Å². The lowest BCUT2D eigenvalue weighted by atomic mass is 10.3. The first-order valence-corrected chi connectivity index (χ1v) is 3.60. The molecule has 1 rings (SSSR count). The van der Waals surface area contributed by atoms with Gasteiger partial charge in [-0.2, -0.15) is 0 Å². The Kier molecular flexibility index (Phi) is 2.44. The molecule has 0 atom stereocenters. The molecule has 0 aromatic carbocycles. The van der Waals surface area contributed by atoms with Crippen LogP contribution in [0.25, 0.3) is 0 Å². The van der Waals surface area contributed by atoms with Gasteiger partial charge in [-0.1, -0.05) is 0 Å². The molecule has 1 heterocycles. The average molecular weight is 170 g/mol. The molecule has 0 saturated carbocycles. The summed E-state index contributed by atoms with van der Waals surface area (Å²) in [6.45, 7) is 2.31. The molecular formula is C7H10N2O3. The molecule has 0 saturated heterocycles. The Morgan fingerprint density at radius 3 is 2.92 bits per heavy atom. The van der Waals surface area contributed by atoms with Crippen molar-refractivity contribution >= 4 is 11.8 Å². The number of hydrogen-bond donors (Lipinski definition) is 1. The fourth-order valence-electron chi connectivity index (χ4n) is 0.913. The summed E-state index contributed by atoms with van der Waals surface area (Å²) in [5.41, 5.74) is 5.26. The van der Waals surface area contributed by atoms with Crippen LogP contribution < -0.4 is 5.73 Å². The fourth-order valence-corrected chi connectivity index (χ4v) is 0.913. The zero-order valence-electron chi connectivity index (χ0n) is 6.74. The minimum Gasteiger partial charge on any atom is -0.366 e. The van der Waals surface area contributed by atoms with Crippen molar-refractivity contribution in [2.24, 2.45) is 5.73 Å². The van der Waals surface area contributed by atoms with Gasteiger partial charge in [0.05, 0.1) is 13.2 Å². The second-order valence-electron chi connectivity index (χ2n) is 2.33. The van der Waals surface area contributed by atoms with Crippen LogP contribution in [-0.2, 0) is 14.4 Å². The highest BCUT2D eigenvalue weighted by Crippen LogP contribution is 2.09. The Hall–Kier alpha value is -1.36. The van der Waals surface area contributed by atoms with Gasteiger partial charge in [-0.15, -0.1) is 0 Å². The van der Waals surface area contributed by atoms with Gasteiger partial charge in [-0.3, -0.25) is 14.4 Å². The molecular weight excluding hydrogens is 160 g/mol. The zero-order valence-corrected chi connectivity index (χ0v) is 6.74. The Morgan fingerprint density at radius 2 is 2.50 bits per heavy atom. The van der Waals surface area contributed by atoms with Gasteiger partial charge in [-0.25, -0.2) is 5.06 Å². The highest BCUT2D eigenvalue weighted by atomic mass is 16.7. The summed E-state index contributed by atoms with van der Waals surface area (Å²) >= 11 is 0. The molecule has 2 N–H and O–H groups in total. The molecule has 2 amide bonds. The minimum absolute atomic E-state index is 0.155. The van der Waals surface area contributed by atoms with E-state index in [1.807, 2.05) is 0 Å². The van der Waals surface area contributed by atoms with Gasteiger partial charge in [0, 0.05) is 11.6 Å². The predicted molar refractivity (Wildman–Crippen MR) is 40.6 cm³/mol. The van der Waals surface area contributed by atoms with E-state index in [9.17, 15) is 9.59 Å². The van der Waals surface area contributed by atoms with Crippen LogP contribution in [0.3, 0.4) is 0 Å². The highest BCUT2D eigenvalue weighted by Gasteiger charge is 2.24. The number of hydroxylamine groups is 2. The number of carbonyl (C=O) groups is 2. The number of primary amides is 1. The first-order valence-electron chi connectivity index (χ1n) is 3.60. The smallest absolute Gasteiger partial charge is 0.270 e. The van der Waals surface area contributed by atoms with E-state index in [-0.39, 0.29) is 18.0 Å². The van der Waals surface area contributed by atoms with E-state index in [0.29, 0.717) is 6.61 Å². The van der Waals surface area contributed by atoms with Crippen LogP contribution in [0.15, 0.2) is 11.6 Å². The second-order valence-corrected chi connectivity index (χ2v) is 2.33. The Morgan fingerprint density at radius 1 is 1.83 bits per heavy atom. The average Bonchev–Trinajstić information content (AvgIpc) is 2.34. The summed E-state index contributed by atoms with van der Waals surface area (Å²) < 4.78 is 0. The lowest BCUT2D eigenvalue weighted by Gasteiger charge is -2.13. The quantitative estimate of drug-likeness (QED) is 0.602. The number of nitrogens with zero attached hydrogens (tertiary/aromatic N) is 1. The highest BCUT2D eigenvalue weighted by molar-refractivity contribution is 6.03. The maximum absolute atomic E-state index is 11.0. The number of carbonyl (C=O) groups excluding carboxylic acids is 2. The molecule has 1 aliphatic rings. The van der Waals surface area contributed by atoms with E-state index in [1.165, 1.54) is 6.08 Å². The van der Waals surface area contributed by atoms with Crippen LogP contribution in [0, 0.1) is 0 Å². The third kappa shape index (κ3) is 1.62. The van der Waals surface area contributed by atoms with Crippen molar-refractivity contribution in [3.63, 3.8) is 0 Å². The molecule has 0 unspecified atom stereocenters. The lowest BCUT2D eigenvalue weighted by Crippen LogP contribution is -2.27. The third-order valence-corrected chi connectivity index (χ3v) is 1.46. The molecule has 0 aromatic rings. The van der Waals surface area contributed by atoms with E-state index < -0.39 is 5.91 Å². The largest absolute Gasteiger partial charge is 0.366 e. The van der Waals surface area contributed by atoms with Gasteiger partial charge in [0.1, 0.15) is 0 Å². The standard InChI is InChI=1S/C7H10N2O3/c1-2-12-9-4-5(7(8)11)3-6(9)10/h3H,2,4H2,1H3,(H2,8,11). The molecule has 1 aliphatic heterocycles. The molecule has 0 fully saturated rings. The van der Waals surface area contributed by atoms with Crippen molar-refractivity contribution in [2.75, 3.05) is 13.2 Å². The van der Waals surface area contributed by atoms with Gasteiger partial charge in [0.25, 0.3) is 5.91 Å². The van der Waals surface area contributed by atoms with Crippen molar-refractivity contribution in [3.8, 4) is 0 Å². The molecule has 0 bridgehead atoms. The van der Waals surface area contributed by atoms with Crippen LogP contribution in [0.4, 0.5) is 0 Å². The summed E-state index contributed by atoms with van der Waals surface area (Å²) in [7, 11) is 0. The molecule has 5 heteroatoms. The summed E-state index contributed by atoms with van der Waals surface area (Å²) in [6.07, 6.45) is 1.19. The summed E-state index contributed by atoms with van der Waals surface area (Å²) in [5.74, 6) is -0.906. The number of hydrogen-bond acceptors (Lipinski definition) is 3. The van der Waals surface area contributed by atoms with Crippen LogP contribution in [0.2, 0.25) is 0 Å². The van der Waals surface area contributed by atoms with Crippen molar-refractivity contribution in [1.82, 2.24) is 5.06 Å². The summed E-state index contributed by atoms with van der Waals surface area (Å²) in [4.78, 5) is 26.5. The van der Waals surface area contributed by atoms with E-state index >= 15 is 0 Å². The van der Waals surface area contributed by atoms with Crippen molar-refractivity contribution in [3.05, 3.63) is 11.6 Å². The number of amides is 2. The normalized spacial score (nSPS) is 16.6. The van der Waals surface area contributed by atoms with Crippen molar-refractivity contribution < 1.29 is 14.4 Å². The molecule has 0 aromatic heterocycles. The molecule has 66 valence electrons. The summed E-state index contributed by atoms with van der Waals surface area (Å²) in [5, 5.41) is 1.11. The SMILES string of the molecule is CCON1CC(C(N)=O)=CC1=O. The topological polar surface area (TPSA) is 72.6 Å². The van der Waals surface area contributed by atoms with Gasteiger partial charge >= 0.3 is 0 Å². The zero-order chi connectivity index (χ0) is 9.14. The monoisotopic (exact) mass is 170 g/mol. The molecule has 12 heavy (non-hydrogen) atoms. The number of nitrogens with two attached hydrogens (primary N) is 1. The molecule has 0 aliphatic carbocycles. The van der Waals surface area contributed by atoms with Crippen LogP contribution >= 0.6 is 0 Å². The Bertz CT molecular complexity index is 247. The van der Waals surface area contributed by atoms with Gasteiger partial charge in [-0.05, 0) is 6.92 Å². The van der Waals surface area contributed by atoms with Crippen molar-refractivity contribution in [2.45, 2.75) is 6.92 Å². The van der Waals surface area contributed by atoms with Crippen LogP contribution in [0.5, 0.6) is 0 Å². The first-order chi connectivity index (χ1) is 5.65. The Balaban J connectivity index is 2.61. The van der Waals surface area contributed by atoms with E-state index in [2.05, 4.69) is 0 Å². The van der Waals surface area contributed by atoms with E-state index in [0.717, 1.165) is 5.06 Å². The maximum atomic E-state index is 11.0. The lowest BCUT2D eigenvalue weighted by molar-refractivity contribution is -0.173. The molecule has 5 nitrogen and oxygen atoms in total. The number of rotatable bonds is 3. The second kappa shape index (κ2) is 3.36. The predicted octanol–water partition coefficient (Wildman–Crippen LogP) is -0.808. The van der Waals surface area contributed by atoms with Crippen molar-refractivity contribution in [1.29, 1.82) is 0 Å². The Labute approximate surface area is 69.7 Å². The summed E-state index contributed by atoms with van der Waals surface area (Å²) in [6, 6.07) is 0. The third-order valence-electron chi connectivity index (χ3n) is 1.46. The van der Waals surface area contributed by atoms with Gasteiger partial charge in [0.2, 0.25) is 5.91 Å². The van der Waals surface area contributed by atoms with E-state index in [1.54, 1.807) is 6.92 Å². The minimum atomic E-state index is -0.578. The first kappa shape index (κ1) is 8.73. The molecule has 0 radical (unpaired) electrons. The fraction of sp³-hybridized carbons (Fsp3) is 0.429. The van der Waals surface area contributed by atoms with Crippen LogP contribution in [0.1, 0.15) is 6.92 Å². The molecule has 0 spiro atoms. The van der Waals surface area contributed by atoms with Gasteiger partial charge in [0.15, 0.2) is 0 Å². The van der Waals surface area contributed by atoms with E-state index in [4.69, 9.17) is 10.6 Å². The van der Waals surface area contributed by atoms with Crippen LogP contribution in [-0.4, -0.2) is 30.0 Å². The maximum Gasteiger partial charge on any atom is 0.270 e.